The average molecular weight is 1120 g/mol. The fourth-order valence-corrected chi connectivity index (χ4v) is 11.4. The topological polar surface area (TPSA) is 95.9 Å². The molecule has 3 N–H and O–H groups in total. The molecule has 2 unspecified atom stereocenters. The standard InChI is InChI=1S/C74H141NO5/c1-3-5-7-9-11-13-15-17-19-21-30-34-38-42-46-50-54-58-62-66-72(77)71(70-76)75-73(78)67-63-59-55-51-47-43-39-35-32-28-26-24-23-25-27-29-33-37-41-45-49-53-57-61-65-69-80-74(79)68-64-60-56-52-48-44-40-36-31-22-20-18-16-14-12-10-8-6-4-2/h24-27,62,66,71-72,76-77H,3-23,28-61,63-65,67-70H2,1-2H3,(H,75,78)/b26-24-,27-25-,66-62+. The van der Waals surface area contributed by atoms with Crippen molar-refractivity contribution < 1.29 is 24.5 Å². The van der Waals surface area contributed by atoms with E-state index >= 15 is 0 Å². The van der Waals surface area contributed by atoms with Gasteiger partial charge >= 0.3 is 5.97 Å². The first-order valence-corrected chi connectivity index (χ1v) is 36.3. The van der Waals surface area contributed by atoms with Crippen molar-refractivity contribution in [3.8, 4) is 0 Å². The fraction of sp³-hybridized carbons (Fsp3) is 0.892. The van der Waals surface area contributed by atoms with Gasteiger partial charge in [0.15, 0.2) is 0 Å². The van der Waals surface area contributed by atoms with Crippen LogP contribution in [-0.4, -0.2) is 47.4 Å². The molecule has 0 aromatic heterocycles. The predicted molar refractivity (Wildman–Crippen MR) is 352 cm³/mol. The van der Waals surface area contributed by atoms with Crippen LogP contribution in [-0.2, 0) is 14.3 Å². The van der Waals surface area contributed by atoms with Crippen LogP contribution in [0.5, 0.6) is 0 Å². The largest absolute Gasteiger partial charge is 0.466 e. The number of esters is 1. The molecule has 472 valence electrons. The molecule has 0 rings (SSSR count). The summed E-state index contributed by atoms with van der Waals surface area (Å²) in [4.78, 5) is 24.6. The molecule has 0 aliphatic rings. The second-order valence-electron chi connectivity index (χ2n) is 24.9. The highest BCUT2D eigenvalue weighted by Gasteiger charge is 2.18. The summed E-state index contributed by atoms with van der Waals surface area (Å²) in [6.45, 7) is 4.94. The van der Waals surface area contributed by atoms with E-state index in [1.165, 1.54) is 327 Å². The van der Waals surface area contributed by atoms with Crippen LogP contribution >= 0.6 is 0 Å². The van der Waals surface area contributed by atoms with E-state index in [0.29, 0.717) is 19.4 Å². The van der Waals surface area contributed by atoms with Gasteiger partial charge in [-0.15, -0.1) is 0 Å². The number of rotatable bonds is 68. The summed E-state index contributed by atoms with van der Waals surface area (Å²) in [6, 6.07) is -0.634. The molecule has 0 aromatic rings. The third-order valence-corrected chi connectivity index (χ3v) is 16.9. The first kappa shape index (κ1) is 78.1. The minimum absolute atomic E-state index is 0.0140. The third kappa shape index (κ3) is 65.2. The summed E-state index contributed by atoms with van der Waals surface area (Å²) in [5.74, 6) is -0.0570. The molecule has 0 spiro atoms. The number of carbonyl (C=O) groups excluding carboxylic acids is 2. The van der Waals surface area contributed by atoms with Crippen molar-refractivity contribution in [1.82, 2.24) is 5.32 Å². The first-order chi connectivity index (χ1) is 39.5. The second-order valence-corrected chi connectivity index (χ2v) is 24.9. The van der Waals surface area contributed by atoms with Gasteiger partial charge in [0.2, 0.25) is 5.91 Å². The van der Waals surface area contributed by atoms with Crippen LogP contribution in [0.15, 0.2) is 36.5 Å². The Balaban J connectivity index is 3.43. The molecule has 0 saturated carbocycles. The van der Waals surface area contributed by atoms with Crippen molar-refractivity contribution in [1.29, 1.82) is 0 Å². The number of allylic oxidation sites excluding steroid dienone is 5. The van der Waals surface area contributed by atoms with Gasteiger partial charge in [0, 0.05) is 12.8 Å². The summed E-state index contributed by atoms with van der Waals surface area (Å²) in [5, 5.41) is 23.2. The number of unbranched alkanes of at least 4 members (excludes halogenated alkanes) is 53. The minimum atomic E-state index is -0.850. The second kappa shape index (κ2) is 69.6. The lowest BCUT2D eigenvalue weighted by atomic mass is 10.0. The van der Waals surface area contributed by atoms with Gasteiger partial charge < -0.3 is 20.3 Å². The Morgan fingerprint density at radius 2 is 0.625 bits per heavy atom. The lowest BCUT2D eigenvalue weighted by Gasteiger charge is -2.20. The van der Waals surface area contributed by atoms with Crippen molar-refractivity contribution in [2.45, 2.75) is 411 Å². The third-order valence-electron chi connectivity index (χ3n) is 16.9. The lowest BCUT2D eigenvalue weighted by molar-refractivity contribution is -0.143. The number of nitrogens with one attached hydrogen (secondary N) is 1. The average Bonchev–Trinajstić information content (AvgIpc) is 3.46. The van der Waals surface area contributed by atoms with Crippen LogP contribution < -0.4 is 5.32 Å². The van der Waals surface area contributed by atoms with Crippen LogP contribution in [0.3, 0.4) is 0 Å². The summed E-state index contributed by atoms with van der Waals surface area (Å²) in [6.07, 6.45) is 89.4. The maximum absolute atomic E-state index is 12.5. The molecule has 0 heterocycles. The molecule has 0 radical (unpaired) electrons. The molecule has 0 aliphatic heterocycles. The van der Waals surface area contributed by atoms with Crippen LogP contribution in [0.1, 0.15) is 399 Å². The number of aliphatic hydroxyl groups is 2. The molecular formula is C74H141NO5. The van der Waals surface area contributed by atoms with E-state index in [1.54, 1.807) is 6.08 Å². The van der Waals surface area contributed by atoms with Crippen LogP contribution in [0, 0.1) is 0 Å². The SMILES string of the molecule is CCCCCCCCCCCCCCCCCCC/C=C/C(O)C(CO)NC(=O)CCCCCCCCCCC/C=C\C/C=C\CCCCCCCCCCCOC(=O)CCCCCCCCCCCCCCCCCCCCC. The molecule has 6 heteroatoms. The number of ether oxygens (including phenoxy) is 1. The Morgan fingerprint density at radius 1 is 0.350 bits per heavy atom. The predicted octanol–water partition coefficient (Wildman–Crippen LogP) is 23.5. The smallest absolute Gasteiger partial charge is 0.305 e. The van der Waals surface area contributed by atoms with Crippen molar-refractivity contribution in [2.24, 2.45) is 0 Å². The van der Waals surface area contributed by atoms with Crippen molar-refractivity contribution in [2.75, 3.05) is 13.2 Å². The maximum Gasteiger partial charge on any atom is 0.305 e. The first-order valence-electron chi connectivity index (χ1n) is 36.3. The van der Waals surface area contributed by atoms with Gasteiger partial charge in [0.25, 0.3) is 0 Å². The number of hydrogen-bond acceptors (Lipinski definition) is 5. The van der Waals surface area contributed by atoms with Gasteiger partial charge in [0.05, 0.1) is 25.4 Å². The molecule has 2 atom stereocenters. The van der Waals surface area contributed by atoms with Crippen LogP contribution in [0.2, 0.25) is 0 Å². The Morgan fingerprint density at radius 3 is 0.950 bits per heavy atom. The van der Waals surface area contributed by atoms with Crippen LogP contribution in [0.25, 0.3) is 0 Å². The highest BCUT2D eigenvalue weighted by atomic mass is 16.5. The van der Waals surface area contributed by atoms with E-state index in [2.05, 4.69) is 43.5 Å². The number of amides is 1. The number of hydrogen-bond donors (Lipinski definition) is 3. The Bertz CT molecular complexity index is 1300. The summed E-state index contributed by atoms with van der Waals surface area (Å²) in [7, 11) is 0. The van der Waals surface area contributed by atoms with E-state index in [9.17, 15) is 19.8 Å². The minimum Gasteiger partial charge on any atom is -0.466 e. The molecule has 0 aromatic carbocycles. The number of carbonyl (C=O) groups is 2. The Kier molecular flexibility index (Phi) is 67.9. The Hall–Kier alpha value is -1.92. The van der Waals surface area contributed by atoms with Gasteiger partial charge in [-0.05, 0) is 64.2 Å². The van der Waals surface area contributed by atoms with Gasteiger partial charge in [0.1, 0.15) is 0 Å². The van der Waals surface area contributed by atoms with E-state index in [-0.39, 0.29) is 18.5 Å². The van der Waals surface area contributed by atoms with Crippen molar-refractivity contribution in [3.05, 3.63) is 36.5 Å². The molecule has 0 fully saturated rings. The summed E-state index contributed by atoms with van der Waals surface area (Å²) >= 11 is 0. The molecule has 0 saturated heterocycles. The zero-order chi connectivity index (χ0) is 57.8. The summed E-state index contributed by atoms with van der Waals surface area (Å²) in [5.41, 5.74) is 0. The Labute approximate surface area is 500 Å². The van der Waals surface area contributed by atoms with Gasteiger partial charge in [-0.2, -0.15) is 0 Å². The normalized spacial score (nSPS) is 12.7. The molecule has 0 aliphatic carbocycles. The van der Waals surface area contributed by atoms with Crippen LogP contribution in [0.4, 0.5) is 0 Å². The number of aliphatic hydroxyl groups excluding tert-OH is 2. The van der Waals surface area contributed by atoms with Crippen molar-refractivity contribution in [3.63, 3.8) is 0 Å². The molecule has 80 heavy (non-hydrogen) atoms. The van der Waals surface area contributed by atoms with Crippen molar-refractivity contribution >= 4 is 11.9 Å². The highest BCUT2D eigenvalue weighted by Crippen LogP contribution is 2.19. The van der Waals surface area contributed by atoms with E-state index in [4.69, 9.17) is 4.74 Å². The van der Waals surface area contributed by atoms with E-state index < -0.39 is 12.1 Å². The van der Waals surface area contributed by atoms with E-state index in [1.807, 2.05) is 6.08 Å². The zero-order valence-electron chi connectivity index (χ0n) is 54.1. The zero-order valence-corrected chi connectivity index (χ0v) is 54.1. The lowest BCUT2D eigenvalue weighted by Crippen LogP contribution is -2.45. The monoisotopic (exact) mass is 1120 g/mol. The fourth-order valence-electron chi connectivity index (χ4n) is 11.4. The molecule has 6 nitrogen and oxygen atoms in total. The highest BCUT2D eigenvalue weighted by molar-refractivity contribution is 5.76. The molecule has 0 bridgehead atoms. The maximum atomic E-state index is 12.5. The van der Waals surface area contributed by atoms with Gasteiger partial charge in [-0.25, -0.2) is 0 Å². The molecule has 1 amide bonds. The summed E-state index contributed by atoms with van der Waals surface area (Å²) < 4.78 is 5.51. The van der Waals surface area contributed by atoms with Gasteiger partial charge in [-0.3, -0.25) is 9.59 Å². The van der Waals surface area contributed by atoms with Gasteiger partial charge in [-0.1, -0.05) is 359 Å². The quantitative estimate of drug-likeness (QED) is 0.0320. The molecular weight excluding hydrogens is 983 g/mol. The van der Waals surface area contributed by atoms with E-state index in [0.717, 1.165) is 44.9 Å².